The fraction of sp³-hybridized carbons (Fsp3) is 0.250. The summed E-state index contributed by atoms with van der Waals surface area (Å²) in [7, 11) is -3.67. The first-order valence-electron chi connectivity index (χ1n) is 6.84. The molecule has 0 aliphatic heterocycles. The molecule has 132 valence electrons. The maximum atomic E-state index is 9.60. The van der Waals surface area contributed by atoms with Gasteiger partial charge in [-0.1, -0.05) is 59.1 Å². The van der Waals surface area contributed by atoms with Crippen LogP contribution >= 0.6 is 34.8 Å². The molecule has 1 unspecified atom stereocenters. The Kier molecular flexibility index (Phi) is 8.50. The minimum atomic E-state index is -3.67. The highest BCUT2D eigenvalue weighted by Crippen LogP contribution is 2.32. The van der Waals surface area contributed by atoms with E-state index in [9.17, 15) is 13.5 Å². The van der Waals surface area contributed by atoms with Crippen LogP contribution in [0, 0.1) is 0 Å². The van der Waals surface area contributed by atoms with Crippen molar-refractivity contribution in [2.45, 2.75) is 12.3 Å². The van der Waals surface area contributed by atoms with E-state index in [1.165, 1.54) is 0 Å². The van der Waals surface area contributed by atoms with Gasteiger partial charge < -0.3 is 5.11 Å². The highest BCUT2D eigenvalue weighted by molar-refractivity contribution is 7.85. The lowest BCUT2D eigenvalue weighted by atomic mass is 9.92. The van der Waals surface area contributed by atoms with E-state index in [4.69, 9.17) is 39.4 Å². The fourth-order valence-electron chi connectivity index (χ4n) is 2.05. The van der Waals surface area contributed by atoms with E-state index >= 15 is 0 Å². The minimum absolute atomic E-state index is 0.00865. The van der Waals surface area contributed by atoms with Crippen molar-refractivity contribution >= 4 is 44.9 Å². The Bertz CT molecular complexity index is 750. The van der Waals surface area contributed by atoms with E-state index in [0.29, 0.717) is 27.7 Å². The molecule has 0 spiro atoms. The molecule has 8 heteroatoms. The molecule has 0 aliphatic rings. The van der Waals surface area contributed by atoms with Crippen LogP contribution in [0.1, 0.15) is 17.0 Å². The standard InChI is InChI=1S/C15H13Cl3O.CH4O3S/c16-13-5-2-1-4-11(13)10(9-19)8-12-14(17)6-3-7-15(12)18;1-5(2,3)4/h1-7,10,19H,8-9H2;1H3,(H,2,3,4). The van der Waals surface area contributed by atoms with Gasteiger partial charge in [-0.3, -0.25) is 4.55 Å². The van der Waals surface area contributed by atoms with Crippen LogP contribution in [0.3, 0.4) is 0 Å². The summed E-state index contributed by atoms with van der Waals surface area (Å²) in [6.45, 7) is -0.00865. The van der Waals surface area contributed by atoms with Gasteiger partial charge in [0.1, 0.15) is 0 Å². The zero-order chi connectivity index (χ0) is 18.3. The summed E-state index contributed by atoms with van der Waals surface area (Å²) >= 11 is 18.5. The summed E-state index contributed by atoms with van der Waals surface area (Å²) in [4.78, 5) is 0. The van der Waals surface area contributed by atoms with Crippen molar-refractivity contribution < 1.29 is 18.1 Å². The van der Waals surface area contributed by atoms with E-state index in [0.717, 1.165) is 11.1 Å². The third kappa shape index (κ3) is 7.38. The molecule has 1 atom stereocenters. The Labute approximate surface area is 156 Å². The smallest absolute Gasteiger partial charge is 0.261 e. The van der Waals surface area contributed by atoms with Crippen molar-refractivity contribution in [3.05, 3.63) is 68.7 Å². The van der Waals surface area contributed by atoms with Crippen LogP contribution in [0.25, 0.3) is 0 Å². The number of benzene rings is 2. The molecule has 2 rings (SSSR count). The predicted octanol–water partition coefficient (Wildman–Crippen LogP) is 4.47. The van der Waals surface area contributed by atoms with Crippen molar-refractivity contribution in [3.63, 3.8) is 0 Å². The summed E-state index contributed by atoms with van der Waals surface area (Å²) in [5, 5.41) is 11.5. The van der Waals surface area contributed by atoms with Gasteiger partial charge in [-0.25, -0.2) is 0 Å². The Morgan fingerprint density at radius 3 is 1.88 bits per heavy atom. The molecule has 0 amide bonds. The molecule has 0 radical (unpaired) electrons. The minimum Gasteiger partial charge on any atom is -0.396 e. The van der Waals surface area contributed by atoms with Crippen LogP contribution < -0.4 is 0 Å². The number of hydrogen-bond acceptors (Lipinski definition) is 3. The number of halogens is 3. The third-order valence-electron chi connectivity index (χ3n) is 3.08. The van der Waals surface area contributed by atoms with Gasteiger partial charge in [0.05, 0.1) is 12.9 Å². The lowest BCUT2D eigenvalue weighted by molar-refractivity contribution is 0.264. The van der Waals surface area contributed by atoms with E-state index in [1.807, 2.05) is 24.3 Å². The Morgan fingerprint density at radius 2 is 1.42 bits per heavy atom. The normalized spacial score (nSPS) is 12.2. The summed E-state index contributed by atoms with van der Waals surface area (Å²) in [5.74, 6) is -0.119. The first-order chi connectivity index (χ1) is 11.1. The van der Waals surface area contributed by atoms with Gasteiger partial charge >= 0.3 is 0 Å². The van der Waals surface area contributed by atoms with Crippen molar-refractivity contribution in [2.24, 2.45) is 0 Å². The maximum Gasteiger partial charge on any atom is 0.261 e. The second-order valence-electron chi connectivity index (χ2n) is 5.04. The van der Waals surface area contributed by atoms with Crippen LogP contribution in [0.2, 0.25) is 15.1 Å². The van der Waals surface area contributed by atoms with E-state index < -0.39 is 10.1 Å². The summed E-state index contributed by atoms with van der Waals surface area (Å²) in [5.41, 5.74) is 1.74. The van der Waals surface area contributed by atoms with Gasteiger partial charge in [-0.15, -0.1) is 0 Å². The number of aliphatic hydroxyl groups is 1. The highest BCUT2D eigenvalue weighted by Gasteiger charge is 2.17. The third-order valence-corrected chi connectivity index (χ3v) is 4.13. The average Bonchev–Trinajstić information content (AvgIpc) is 2.46. The van der Waals surface area contributed by atoms with E-state index in [2.05, 4.69) is 0 Å². The Morgan fingerprint density at radius 1 is 0.958 bits per heavy atom. The maximum absolute atomic E-state index is 9.60. The molecule has 0 aromatic heterocycles. The van der Waals surface area contributed by atoms with Crippen LogP contribution in [-0.2, 0) is 16.5 Å². The molecule has 4 nitrogen and oxygen atoms in total. The molecule has 2 aromatic rings. The van der Waals surface area contributed by atoms with E-state index in [-0.39, 0.29) is 12.5 Å². The van der Waals surface area contributed by atoms with Crippen LogP contribution in [0.5, 0.6) is 0 Å². The highest BCUT2D eigenvalue weighted by atomic mass is 35.5. The van der Waals surface area contributed by atoms with Crippen LogP contribution in [0.15, 0.2) is 42.5 Å². The summed E-state index contributed by atoms with van der Waals surface area (Å²) in [6.07, 6.45) is 1.27. The SMILES string of the molecule is CS(=O)(=O)O.OCC(Cc1c(Cl)cccc1Cl)c1ccccc1Cl. The quantitative estimate of drug-likeness (QED) is 0.728. The van der Waals surface area contributed by atoms with Gasteiger partial charge in [0.25, 0.3) is 10.1 Å². The van der Waals surface area contributed by atoms with Crippen molar-refractivity contribution in [1.82, 2.24) is 0 Å². The van der Waals surface area contributed by atoms with Crippen molar-refractivity contribution in [2.75, 3.05) is 12.9 Å². The molecule has 0 heterocycles. The topological polar surface area (TPSA) is 74.6 Å². The largest absolute Gasteiger partial charge is 0.396 e. The molecule has 0 aliphatic carbocycles. The molecule has 0 saturated carbocycles. The molecule has 2 aromatic carbocycles. The molecule has 24 heavy (non-hydrogen) atoms. The second-order valence-corrected chi connectivity index (χ2v) is 7.73. The van der Waals surface area contributed by atoms with Gasteiger partial charge in [-0.05, 0) is 35.7 Å². The zero-order valence-corrected chi connectivity index (χ0v) is 15.9. The molecule has 0 fully saturated rings. The monoisotopic (exact) mass is 410 g/mol. The summed E-state index contributed by atoms with van der Waals surface area (Å²) < 4.78 is 25.9. The lowest BCUT2D eigenvalue weighted by Gasteiger charge is -2.17. The van der Waals surface area contributed by atoms with Gasteiger partial charge in [-0.2, -0.15) is 8.42 Å². The van der Waals surface area contributed by atoms with Crippen LogP contribution in [-0.4, -0.2) is 30.9 Å². The van der Waals surface area contributed by atoms with Crippen molar-refractivity contribution in [1.29, 1.82) is 0 Å². The lowest BCUT2D eigenvalue weighted by Crippen LogP contribution is -2.09. The van der Waals surface area contributed by atoms with E-state index in [1.54, 1.807) is 18.2 Å². The zero-order valence-electron chi connectivity index (χ0n) is 12.8. The second kappa shape index (κ2) is 9.61. The Hall–Kier alpha value is -0.820. The number of rotatable bonds is 4. The van der Waals surface area contributed by atoms with Crippen molar-refractivity contribution in [3.8, 4) is 0 Å². The fourth-order valence-corrected chi connectivity index (χ4v) is 2.89. The van der Waals surface area contributed by atoms with Gasteiger partial charge in [0.15, 0.2) is 0 Å². The first-order valence-corrected chi connectivity index (χ1v) is 9.82. The number of aliphatic hydroxyl groups excluding tert-OH is 1. The Balaban J connectivity index is 0.000000505. The summed E-state index contributed by atoms with van der Waals surface area (Å²) in [6, 6.07) is 12.9. The average molecular weight is 412 g/mol. The molecular weight excluding hydrogens is 395 g/mol. The van der Waals surface area contributed by atoms with Gasteiger partial charge in [0.2, 0.25) is 0 Å². The van der Waals surface area contributed by atoms with Gasteiger partial charge in [0, 0.05) is 21.0 Å². The molecule has 0 bridgehead atoms. The molecular formula is C16H17Cl3O4S. The predicted molar refractivity (Wildman–Crippen MR) is 98.9 cm³/mol. The number of hydrogen-bond donors (Lipinski definition) is 2. The molecule has 0 saturated heterocycles. The molecule has 2 N–H and O–H groups in total. The van der Waals surface area contributed by atoms with Crippen LogP contribution in [0.4, 0.5) is 0 Å². The first kappa shape index (κ1) is 21.2.